The first kappa shape index (κ1) is 23.8. The second kappa shape index (κ2) is 12.3. The Kier molecular flexibility index (Phi) is 9.44. The molecule has 0 unspecified atom stereocenters. The highest BCUT2D eigenvalue weighted by atomic mass is 16.6. The van der Waals surface area contributed by atoms with Crippen LogP contribution in [0.25, 0.3) is 0 Å². The van der Waals surface area contributed by atoms with Crippen molar-refractivity contribution in [3.8, 4) is 5.75 Å². The lowest BCUT2D eigenvalue weighted by Crippen LogP contribution is -2.37. The quantitative estimate of drug-likeness (QED) is 0.489. The predicted octanol–water partition coefficient (Wildman–Crippen LogP) is 3.38. The summed E-state index contributed by atoms with van der Waals surface area (Å²) in [6.45, 7) is 5.38. The van der Waals surface area contributed by atoms with E-state index in [0.717, 1.165) is 25.3 Å². The van der Waals surface area contributed by atoms with Crippen LogP contribution >= 0.6 is 0 Å². The minimum absolute atomic E-state index is 0.123. The van der Waals surface area contributed by atoms with Crippen molar-refractivity contribution in [2.75, 3.05) is 38.6 Å². The van der Waals surface area contributed by atoms with Gasteiger partial charge in [0.2, 0.25) is 0 Å². The number of carbonyl (C=O) groups excluding carboxylic acids is 2. The number of nitro benzene ring substituents is 1. The van der Waals surface area contributed by atoms with Crippen LogP contribution in [0.5, 0.6) is 5.75 Å². The number of hydrogen-bond donors (Lipinski definition) is 2. The van der Waals surface area contributed by atoms with Gasteiger partial charge in [-0.1, -0.05) is 12.5 Å². The number of nitro groups is 1. The largest absolute Gasteiger partial charge is 0.497 e. The Labute approximate surface area is 181 Å². The number of anilines is 2. The van der Waals surface area contributed by atoms with Crippen LogP contribution in [0.4, 0.5) is 17.1 Å². The highest BCUT2D eigenvalue weighted by molar-refractivity contribution is 6.01. The van der Waals surface area contributed by atoms with Crippen molar-refractivity contribution in [3.63, 3.8) is 0 Å². The lowest BCUT2D eigenvalue weighted by atomic mass is 10.1. The number of nitrogens with zero attached hydrogens (tertiary/aromatic N) is 2. The third-order valence-electron chi connectivity index (χ3n) is 4.97. The summed E-state index contributed by atoms with van der Waals surface area (Å²) in [5.74, 6) is 0.334. The van der Waals surface area contributed by atoms with Crippen LogP contribution in [0.3, 0.4) is 0 Å². The van der Waals surface area contributed by atoms with Crippen molar-refractivity contribution in [2.45, 2.75) is 19.3 Å². The molecule has 0 aliphatic carbocycles. The summed E-state index contributed by atoms with van der Waals surface area (Å²) in [5.41, 5.74) is 1.34. The van der Waals surface area contributed by atoms with E-state index < -0.39 is 4.92 Å². The number of non-ortho nitro benzene ring substituents is 1. The minimum Gasteiger partial charge on any atom is -0.497 e. The van der Waals surface area contributed by atoms with Crippen molar-refractivity contribution in [1.82, 2.24) is 10.2 Å². The fraction of sp³-hybridized carbons (Fsp3) is 0.364. The molecule has 0 bridgehead atoms. The van der Waals surface area contributed by atoms with Gasteiger partial charge in [-0.25, -0.2) is 0 Å². The Morgan fingerprint density at radius 3 is 2.58 bits per heavy atom. The van der Waals surface area contributed by atoms with Crippen molar-refractivity contribution in [3.05, 3.63) is 58.1 Å². The predicted molar refractivity (Wildman–Crippen MR) is 119 cm³/mol. The number of rotatable bonds is 8. The maximum Gasteiger partial charge on any atom is 0.270 e. The Balaban J connectivity index is 0.00000166. The Morgan fingerprint density at radius 1 is 1.16 bits per heavy atom. The first-order valence-electron chi connectivity index (χ1n) is 10.1. The molecule has 0 saturated carbocycles. The first-order valence-corrected chi connectivity index (χ1v) is 10.1. The number of hydrogen-bond acceptors (Lipinski definition) is 7. The molecule has 9 heteroatoms. The molecule has 2 N–H and O–H groups in total. The highest BCUT2D eigenvalue weighted by Gasteiger charge is 2.18. The Morgan fingerprint density at radius 2 is 1.90 bits per heavy atom. The van der Waals surface area contributed by atoms with Crippen LogP contribution in [0.1, 0.15) is 29.6 Å². The summed E-state index contributed by atoms with van der Waals surface area (Å²) in [6.07, 6.45) is 3.64. The molecule has 0 radical (unpaired) electrons. The molecular weight excluding hydrogens is 400 g/mol. The zero-order valence-corrected chi connectivity index (χ0v) is 17.6. The molecule has 1 saturated heterocycles. The second-order valence-corrected chi connectivity index (χ2v) is 7.00. The van der Waals surface area contributed by atoms with Gasteiger partial charge in [0.25, 0.3) is 11.6 Å². The van der Waals surface area contributed by atoms with E-state index in [4.69, 9.17) is 9.53 Å². The van der Waals surface area contributed by atoms with Gasteiger partial charge in [0, 0.05) is 37.0 Å². The molecule has 1 aliphatic rings. The molecule has 166 valence electrons. The van der Waals surface area contributed by atoms with Gasteiger partial charge < -0.3 is 25.1 Å². The van der Waals surface area contributed by atoms with Crippen LogP contribution in [-0.2, 0) is 4.79 Å². The summed E-state index contributed by atoms with van der Waals surface area (Å²) in [6, 6.07) is 11.5. The lowest BCUT2D eigenvalue weighted by molar-refractivity contribution is -0.384. The Hall–Kier alpha value is -3.46. The van der Waals surface area contributed by atoms with Gasteiger partial charge in [-0.2, -0.15) is 0 Å². The smallest absolute Gasteiger partial charge is 0.270 e. The maximum absolute atomic E-state index is 12.8. The average Bonchev–Trinajstić information content (AvgIpc) is 2.81. The number of amides is 1. The van der Waals surface area contributed by atoms with Crippen LogP contribution < -0.4 is 15.4 Å². The molecular formula is C22H28N4O5. The molecule has 3 rings (SSSR count). The third-order valence-corrected chi connectivity index (χ3v) is 4.97. The van der Waals surface area contributed by atoms with Crippen molar-refractivity contribution < 1.29 is 19.2 Å². The van der Waals surface area contributed by atoms with Crippen LogP contribution in [0, 0.1) is 10.1 Å². The maximum atomic E-state index is 12.8. The highest BCUT2D eigenvalue weighted by Crippen LogP contribution is 2.27. The fourth-order valence-corrected chi connectivity index (χ4v) is 3.40. The number of likely N-dealkylation sites (tertiary alicyclic amines) is 1. The fourth-order valence-electron chi connectivity index (χ4n) is 3.40. The van der Waals surface area contributed by atoms with Crippen molar-refractivity contribution in [1.29, 1.82) is 0 Å². The molecule has 1 fully saturated rings. The SMILES string of the molecule is C=O.COc1cccc(Nc2ccc([N+](=O)[O-])cc2C(=O)NCCN2CCCCC2)c1. The van der Waals surface area contributed by atoms with E-state index in [1.54, 1.807) is 19.2 Å². The molecule has 9 nitrogen and oxygen atoms in total. The minimum atomic E-state index is -0.500. The summed E-state index contributed by atoms with van der Waals surface area (Å²) >= 11 is 0. The van der Waals surface area contributed by atoms with Crippen LogP contribution in [0.15, 0.2) is 42.5 Å². The number of piperidine rings is 1. The van der Waals surface area contributed by atoms with E-state index in [-0.39, 0.29) is 17.2 Å². The van der Waals surface area contributed by atoms with Gasteiger partial charge in [-0.15, -0.1) is 0 Å². The molecule has 2 aromatic carbocycles. The van der Waals surface area contributed by atoms with E-state index in [2.05, 4.69) is 15.5 Å². The summed E-state index contributed by atoms with van der Waals surface area (Å²) < 4.78 is 5.22. The summed E-state index contributed by atoms with van der Waals surface area (Å²) in [7, 11) is 1.58. The van der Waals surface area contributed by atoms with Crippen molar-refractivity contribution in [2.24, 2.45) is 0 Å². The molecule has 1 aliphatic heterocycles. The number of ether oxygens (including phenoxy) is 1. The van der Waals surface area contributed by atoms with Gasteiger partial charge in [0.05, 0.1) is 23.3 Å². The zero-order chi connectivity index (χ0) is 22.6. The average molecular weight is 428 g/mol. The first-order chi connectivity index (χ1) is 15.1. The van der Waals surface area contributed by atoms with E-state index in [0.29, 0.717) is 18.0 Å². The van der Waals surface area contributed by atoms with Gasteiger partial charge in [0.1, 0.15) is 12.5 Å². The number of methoxy groups -OCH3 is 1. The van der Waals surface area contributed by atoms with E-state index in [1.165, 1.54) is 31.4 Å². The van der Waals surface area contributed by atoms with Gasteiger partial charge in [0.15, 0.2) is 0 Å². The normalized spacial score (nSPS) is 13.5. The molecule has 2 aromatic rings. The van der Waals surface area contributed by atoms with Crippen LogP contribution in [-0.4, -0.2) is 55.8 Å². The molecule has 0 aromatic heterocycles. The van der Waals surface area contributed by atoms with Gasteiger partial charge in [-0.3, -0.25) is 14.9 Å². The third kappa shape index (κ3) is 7.07. The summed E-state index contributed by atoms with van der Waals surface area (Å²) in [4.78, 5) is 33.8. The van der Waals surface area contributed by atoms with Crippen LogP contribution in [0.2, 0.25) is 0 Å². The number of benzene rings is 2. The molecule has 1 amide bonds. The standard InChI is InChI=1S/C21H26N4O4.CH2O/c1-29-18-7-5-6-16(14-18)23-20-9-8-17(25(27)28)15-19(20)21(26)22-10-13-24-11-3-2-4-12-24;1-2/h5-9,14-15,23H,2-4,10-13H2,1H3,(H,22,26);1H2. The Bertz CT molecular complexity index is 884. The number of nitrogens with one attached hydrogen (secondary N) is 2. The topological polar surface area (TPSA) is 114 Å². The van der Waals surface area contributed by atoms with Crippen molar-refractivity contribution >= 4 is 29.8 Å². The van der Waals surface area contributed by atoms with E-state index in [1.807, 2.05) is 25.0 Å². The number of carbonyl (C=O) groups is 2. The second-order valence-electron chi connectivity index (χ2n) is 7.00. The zero-order valence-electron chi connectivity index (χ0n) is 17.6. The van der Waals surface area contributed by atoms with Gasteiger partial charge >= 0.3 is 0 Å². The molecule has 1 heterocycles. The summed E-state index contributed by atoms with van der Waals surface area (Å²) in [5, 5.41) is 17.2. The molecule has 0 spiro atoms. The van der Waals surface area contributed by atoms with E-state index in [9.17, 15) is 14.9 Å². The lowest BCUT2D eigenvalue weighted by Gasteiger charge is -2.26. The molecule has 0 atom stereocenters. The monoisotopic (exact) mass is 428 g/mol. The molecule has 31 heavy (non-hydrogen) atoms. The van der Waals surface area contributed by atoms with Gasteiger partial charge in [-0.05, 0) is 44.1 Å². The van der Waals surface area contributed by atoms with E-state index >= 15 is 0 Å².